The standard InChI is InChI=1S/C17H24F2N6O3/c18-17(19)3-4-24(9(5-17)6-20)7-12-13(26)14(27)15(28-12)10-1-2-11-16(21)22-8-23-25(10)11/h1-2,8-9,12-15,26-27H,3-7,20H2,(H2,21,22,23)/t9-,12+,13+,14+,15-/m0/s1. The van der Waals surface area contributed by atoms with E-state index in [0.717, 1.165) is 0 Å². The number of fused-ring (bicyclic) bond motifs is 1. The number of halogens is 2. The van der Waals surface area contributed by atoms with Crippen molar-refractivity contribution in [2.45, 2.75) is 49.2 Å². The summed E-state index contributed by atoms with van der Waals surface area (Å²) in [6, 6.07) is 2.91. The summed E-state index contributed by atoms with van der Waals surface area (Å²) in [5.74, 6) is -2.45. The molecule has 5 atom stereocenters. The van der Waals surface area contributed by atoms with Crippen LogP contribution in [0.25, 0.3) is 5.52 Å². The Morgan fingerprint density at radius 3 is 2.82 bits per heavy atom. The maximum Gasteiger partial charge on any atom is 0.250 e. The van der Waals surface area contributed by atoms with Crippen molar-refractivity contribution < 1.29 is 23.7 Å². The molecule has 4 heterocycles. The molecule has 0 radical (unpaired) electrons. The monoisotopic (exact) mass is 398 g/mol. The molecule has 6 N–H and O–H groups in total. The molecule has 0 bridgehead atoms. The minimum absolute atomic E-state index is 0.0872. The number of rotatable bonds is 4. The lowest BCUT2D eigenvalue weighted by atomic mass is 9.97. The number of hydrogen-bond donors (Lipinski definition) is 4. The number of aliphatic hydroxyl groups is 2. The number of likely N-dealkylation sites (tertiary alicyclic amines) is 1. The zero-order valence-corrected chi connectivity index (χ0v) is 15.2. The highest BCUT2D eigenvalue weighted by Crippen LogP contribution is 2.37. The van der Waals surface area contributed by atoms with Gasteiger partial charge in [-0.15, -0.1) is 0 Å². The van der Waals surface area contributed by atoms with Gasteiger partial charge in [0.05, 0.1) is 11.8 Å². The van der Waals surface area contributed by atoms with Crippen LogP contribution >= 0.6 is 0 Å². The molecule has 0 aromatic carbocycles. The van der Waals surface area contributed by atoms with Gasteiger partial charge in [-0.1, -0.05) is 0 Å². The van der Waals surface area contributed by atoms with Gasteiger partial charge in [-0.25, -0.2) is 18.3 Å². The lowest BCUT2D eigenvalue weighted by molar-refractivity contribution is -0.0926. The van der Waals surface area contributed by atoms with Gasteiger partial charge in [0.15, 0.2) is 5.82 Å². The molecule has 0 amide bonds. The first-order valence-corrected chi connectivity index (χ1v) is 9.22. The van der Waals surface area contributed by atoms with Gasteiger partial charge in [0.1, 0.15) is 30.2 Å². The second-order valence-electron chi connectivity index (χ2n) is 7.47. The fraction of sp³-hybridized carbons (Fsp3) is 0.647. The normalized spacial score (nSPS) is 33.5. The largest absolute Gasteiger partial charge is 0.388 e. The van der Waals surface area contributed by atoms with E-state index in [2.05, 4.69) is 10.1 Å². The SMILES string of the molecule is NC[C@@H]1CC(F)(F)CCN1C[C@H]1O[C@@H](c2ccc3c(N)ncnn23)[C@H](O)[C@@H]1O. The van der Waals surface area contributed by atoms with Gasteiger partial charge < -0.3 is 26.4 Å². The molecule has 2 aromatic heterocycles. The van der Waals surface area contributed by atoms with E-state index < -0.39 is 36.4 Å². The molecule has 154 valence electrons. The van der Waals surface area contributed by atoms with Crippen LogP contribution in [-0.2, 0) is 4.74 Å². The Balaban J connectivity index is 1.52. The molecule has 28 heavy (non-hydrogen) atoms. The Labute approximate surface area is 159 Å². The van der Waals surface area contributed by atoms with Gasteiger partial charge in [-0.05, 0) is 12.1 Å². The highest BCUT2D eigenvalue weighted by atomic mass is 19.3. The van der Waals surface area contributed by atoms with E-state index in [-0.39, 0.29) is 38.3 Å². The molecule has 9 nitrogen and oxygen atoms in total. The second-order valence-corrected chi connectivity index (χ2v) is 7.47. The van der Waals surface area contributed by atoms with E-state index in [1.54, 1.807) is 17.0 Å². The maximum absolute atomic E-state index is 13.7. The molecule has 2 aliphatic heterocycles. The van der Waals surface area contributed by atoms with E-state index in [0.29, 0.717) is 11.2 Å². The third-order valence-corrected chi connectivity index (χ3v) is 5.67. The van der Waals surface area contributed by atoms with Crippen LogP contribution in [0.15, 0.2) is 18.5 Å². The van der Waals surface area contributed by atoms with Crippen LogP contribution in [0.3, 0.4) is 0 Å². The summed E-state index contributed by atoms with van der Waals surface area (Å²) >= 11 is 0. The molecule has 2 aromatic rings. The van der Waals surface area contributed by atoms with Crippen molar-refractivity contribution in [1.82, 2.24) is 19.5 Å². The zero-order chi connectivity index (χ0) is 20.1. The Hall–Kier alpha value is -1.92. The topological polar surface area (TPSA) is 135 Å². The minimum Gasteiger partial charge on any atom is -0.388 e. The molecular weight excluding hydrogens is 374 g/mol. The number of alkyl halides is 2. The smallest absolute Gasteiger partial charge is 0.250 e. The molecule has 11 heteroatoms. The van der Waals surface area contributed by atoms with Crippen LogP contribution in [0, 0.1) is 0 Å². The second kappa shape index (κ2) is 7.16. The Morgan fingerprint density at radius 2 is 2.07 bits per heavy atom. The predicted molar refractivity (Wildman–Crippen MR) is 95.6 cm³/mol. The van der Waals surface area contributed by atoms with Crippen LogP contribution in [0.5, 0.6) is 0 Å². The van der Waals surface area contributed by atoms with Crippen LogP contribution in [0.4, 0.5) is 14.6 Å². The Morgan fingerprint density at radius 1 is 1.29 bits per heavy atom. The van der Waals surface area contributed by atoms with Crippen molar-refractivity contribution in [2.24, 2.45) is 5.73 Å². The summed E-state index contributed by atoms with van der Waals surface area (Å²) in [4.78, 5) is 5.72. The Kier molecular flexibility index (Phi) is 4.96. The maximum atomic E-state index is 13.7. The highest BCUT2D eigenvalue weighted by Gasteiger charge is 2.47. The van der Waals surface area contributed by atoms with Crippen molar-refractivity contribution in [2.75, 3.05) is 25.4 Å². The summed E-state index contributed by atoms with van der Waals surface area (Å²) in [6.07, 6.45) is -3.24. The van der Waals surface area contributed by atoms with Gasteiger partial charge in [0, 0.05) is 38.5 Å². The van der Waals surface area contributed by atoms with Gasteiger partial charge >= 0.3 is 0 Å². The van der Waals surface area contributed by atoms with Crippen molar-refractivity contribution in [1.29, 1.82) is 0 Å². The molecule has 4 rings (SSSR count). The molecule has 2 aliphatic rings. The minimum atomic E-state index is -2.73. The first-order chi connectivity index (χ1) is 13.3. The molecule has 2 fully saturated rings. The summed E-state index contributed by atoms with van der Waals surface area (Å²) in [5, 5.41) is 25.2. The van der Waals surface area contributed by atoms with Gasteiger partial charge in [0.25, 0.3) is 5.92 Å². The van der Waals surface area contributed by atoms with E-state index in [1.165, 1.54) is 10.8 Å². The van der Waals surface area contributed by atoms with E-state index >= 15 is 0 Å². The quantitative estimate of drug-likeness (QED) is 0.543. The lowest BCUT2D eigenvalue weighted by Crippen LogP contribution is -2.53. The fourth-order valence-corrected chi connectivity index (χ4v) is 4.10. The number of aliphatic hydroxyl groups excluding tert-OH is 2. The van der Waals surface area contributed by atoms with Crippen molar-refractivity contribution >= 4 is 11.3 Å². The van der Waals surface area contributed by atoms with Gasteiger partial charge in [-0.3, -0.25) is 4.90 Å². The third-order valence-electron chi connectivity index (χ3n) is 5.67. The van der Waals surface area contributed by atoms with E-state index in [4.69, 9.17) is 16.2 Å². The predicted octanol–water partition coefficient (Wildman–Crippen LogP) is -0.468. The number of anilines is 1. The molecule has 0 spiro atoms. The summed E-state index contributed by atoms with van der Waals surface area (Å²) < 4.78 is 34.8. The number of hydrogen-bond acceptors (Lipinski definition) is 8. The molecule has 0 saturated carbocycles. The number of nitrogen functional groups attached to an aromatic ring is 1. The zero-order valence-electron chi connectivity index (χ0n) is 15.2. The van der Waals surface area contributed by atoms with Crippen molar-refractivity contribution in [3.05, 3.63) is 24.2 Å². The first-order valence-electron chi connectivity index (χ1n) is 9.22. The Bertz CT molecular complexity index is 849. The molecule has 0 aliphatic carbocycles. The number of piperidine rings is 1. The highest BCUT2D eigenvalue weighted by molar-refractivity contribution is 5.65. The van der Waals surface area contributed by atoms with Gasteiger partial charge in [0.2, 0.25) is 0 Å². The number of ether oxygens (including phenoxy) is 1. The number of nitrogens with two attached hydrogens (primary N) is 2. The van der Waals surface area contributed by atoms with E-state index in [9.17, 15) is 19.0 Å². The average Bonchev–Trinajstić information content (AvgIpc) is 3.20. The molecule has 0 unspecified atom stereocenters. The van der Waals surface area contributed by atoms with E-state index in [1.807, 2.05) is 0 Å². The summed E-state index contributed by atoms with van der Waals surface area (Å²) in [5.41, 5.74) is 12.6. The molecule has 2 saturated heterocycles. The van der Waals surface area contributed by atoms with Crippen molar-refractivity contribution in [3.8, 4) is 0 Å². The van der Waals surface area contributed by atoms with Crippen LogP contribution < -0.4 is 11.5 Å². The van der Waals surface area contributed by atoms with Crippen LogP contribution in [0.1, 0.15) is 24.6 Å². The van der Waals surface area contributed by atoms with Crippen LogP contribution in [0.2, 0.25) is 0 Å². The van der Waals surface area contributed by atoms with Crippen LogP contribution in [-0.4, -0.2) is 79.6 Å². The first kappa shape index (κ1) is 19.4. The fourth-order valence-electron chi connectivity index (χ4n) is 4.10. The van der Waals surface area contributed by atoms with Gasteiger partial charge in [-0.2, -0.15) is 5.10 Å². The number of nitrogens with zero attached hydrogens (tertiary/aromatic N) is 4. The average molecular weight is 398 g/mol. The van der Waals surface area contributed by atoms with Crippen molar-refractivity contribution in [3.63, 3.8) is 0 Å². The molecular formula is C17H24F2N6O3. The summed E-state index contributed by atoms with van der Waals surface area (Å²) in [7, 11) is 0. The number of aromatic nitrogens is 3. The lowest BCUT2D eigenvalue weighted by Gasteiger charge is -2.40. The summed E-state index contributed by atoms with van der Waals surface area (Å²) in [6.45, 7) is 0.442. The third kappa shape index (κ3) is 3.33.